The van der Waals surface area contributed by atoms with E-state index in [1.165, 1.54) is 10.8 Å². The van der Waals surface area contributed by atoms with E-state index in [0.717, 1.165) is 16.8 Å². The first-order valence-electron chi connectivity index (χ1n) is 6.41. The van der Waals surface area contributed by atoms with E-state index in [4.69, 9.17) is 5.73 Å². The summed E-state index contributed by atoms with van der Waals surface area (Å²) >= 11 is 0. The monoisotopic (exact) mass is 248 g/mol. The smallest absolute Gasteiger partial charge is 0.0573 e. The lowest BCUT2D eigenvalue weighted by atomic mass is 9.95. The van der Waals surface area contributed by atoms with Gasteiger partial charge in [0.1, 0.15) is 0 Å². The molecule has 0 aliphatic carbocycles. The molecule has 1 heterocycles. The molecule has 2 heteroatoms. The van der Waals surface area contributed by atoms with Gasteiger partial charge in [0.25, 0.3) is 0 Å². The van der Waals surface area contributed by atoms with Gasteiger partial charge in [0, 0.05) is 11.9 Å². The minimum atomic E-state index is -0.140. The van der Waals surface area contributed by atoms with Gasteiger partial charge < -0.3 is 5.73 Å². The van der Waals surface area contributed by atoms with Crippen molar-refractivity contribution in [3.63, 3.8) is 0 Å². The van der Waals surface area contributed by atoms with Gasteiger partial charge >= 0.3 is 0 Å². The predicted molar refractivity (Wildman–Crippen MR) is 79.0 cm³/mol. The quantitative estimate of drug-likeness (QED) is 0.752. The van der Waals surface area contributed by atoms with Crippen molar-refractivity contribution in [2.24, 2.45) is 5.73 Å². The molecule has 0 aliphatic heterocycles. The Morgan fingerprint density at radius 1 is 0.947 bits per heavy atom. The van der Waals surface area contributed by atoms with Gasteiger partial charge in [-0.1, -0.05) is 48.5 Å². The van der Waals surface area contributed by atoms with E-state index in [2.05, 4.69) is 41.4 Å². The molecule has 19 heavy (non-hydrogen) atoms. The number of hydrogen-bond acceptors (Lipinski definition) is 2. The Hall–Kier alpha value is -2.19. The fraction of sp³-hybridized carbons (Fsp3) is 0.118. The highest BCUT2D eigenvalue weighted by atomic mass is 14.7. The fourth-order valence-electron chi connectivity index (χ4n) is 2.36. The summed E-state index contributed by atoms with van der Waals surface area (Å²) in [6.07, 6.45) is 1.86. The molecule has 0 aliphatic rings. The number of pyridine rings is 1. The third-order valence-electron chi connectivity index (χ3n) is 3.45. The molecule has 94 valence electrons. The van der Waals surface area contributed by atoms with Crippen LogP contribution in [0, 0.1) is 6.92 Å². The second kappa shape index (κ2) is 4.82. The molecule has 1 atom stereocenters. The van der Waals surface area contributed by atoms with Crippen LogP contribution in [0.1, 0.15) is 22.9 Å². The molecule has 3 rings (SSSR count). The highest BCUT2D eigenvalue weighted by Gasteiger charge is 2.11. The molecule has 2 N–H and O–H groups in total. The van der Waals surface area contributed by atoms with E-state index < -0.39 is 0 Å². The lowest BCUT2D eigenvalue weighted by molar-refractivity contribution is 0.869. The molecule has 0 radical (unpaired) electrons. The number of aryl methyl sites for hydroxylation is 1. The summed E-state index contributed by atoms with van der Waals surface area (Å²) in [7, 11) is 0. The van der Waals surface area contributed by atoms with Gasteiger partial charge in [0.2, 0.25) is 0 Å². The number of aromatic nitrogens is 1. The van der Waals surface area contributed by atoms with Crippen molar-refractivity contribution in [3.8, 4) is 0 Å². The van der Waals surface area contributed by atoms with Gasteiger partial charge in [-0.2, -0.15) is 0 Å². The zero-order valence-electron chi connectivity index (χ0n) is 10.9. The van der Waals surface area contributed by atoms with Crippen molar-refractivity contribution in [1.29, 1.82) is 0 Å². The van der Waals surface area contributed by atoms with Gasteiger partial charge in [-0.3, -0.25) is 4.98 Å². The van der Waals surface area contributed by atoms with Crippen LogP contribution in [0.3, 0.4) is 0 Å². The number of rotatable bonds is 2. The molecule has 2 nitrogen and oxygen atoms in total. The Morgan fingerprint density at radius 3 is 2.53 bits per heavy atom. The molecule has 1 aromatic heterocycles. The third-order valence-corrected chi connectivity index (χ3v) is 3.45. The van der Waals surface area contributed by atoms with Crippen molar-refractivity contribution in [2.45, 2.75) is 13.0 Å². The van der Waals surface area contributed by atoms with Crippen molar-refractivity contribution in [1.82, 2.24) is 4.98 Å². The molecule has 0 saturated carbocycles. The molecule has 1 unspecified atom stereocenters. The molecular weight excluding hydrogens is 232 g/mol. The lowest BCUT2D eigenvalue weighted by Gasteiger charge is -2.15. The maximum absolute atomic E-state index is 6.39. The van der Waals surface area contributed by atoms with E-state index in [1.54, 1.807) is 0 Å². The van der Waals surface area contributed by atoms with Gasteiger partial charge in [0.15, 0.2) is 0 Å². The number of nitrogens with zero attached hydrogens (tertiary/aromatic N) is 1. The first-order chi connectivity index (χ1) is 9.25. The van der Waals surface area contributed by atoms with E-state index in [9.17, 15) is 0 Å². The average molecular weight is 248 g/mol. The highest BCUT2D eigenvalue weighted by molar-refractivity contribution is 5.86. The molecule has 0 spiro atoms. The summed E-state index contributed by atoms with van der Waals surface area (Å²) in [5.41, 5.74) is 9.59. The molecule has 0 saturated heterocycles. The molecule has 2 aromatic carbocycles. The van der Waals surface area contributed by atoms with Crippen LogP contribution in [-0.4, -0.2) is 4.98 Å². The van der Waals surface area contributed by atoms with Gasteiger partial charge in [-0.05, 0) is 34.9 Å². The highest BCUT2D eigenvalue weighted by Crippen LogP contribution is 2.26. The molecule has 3 aromatic rings. The molecule has 0 bridgehead atoms. The Bertz CT molecular complexity index is 697. The Morgan fingerprint density at radius 2 is 1.74 bits per heavy atom. The second-order valence-corrected chi connectivity index (χ2v) is 4.78. The maximum Gasteiger partial charge on any atom is 0.0573 e. The van der Waals surface area contributed by atoms with Crippen LogP contribution < -0.4 is 5.73 Å². The van der Waals surface area contributed by atoms with E-state index in [-0.39, 0.29) is 6.04 Å². The van der Waals surface area contributed by atoms with Crippen LogP contribution in [0.15, 0.2) is 60.8 Å². The topological polar surface area (TPSA) is 38.9 Å². The maximum atomic E-state index is 6.39. The Kier molecular flexibility index (Phi) is 3.02. The summed E-state index contributed by atoms with van der Waals surface area (Å²) in [4.78, 5) is 4.33. The minimum Gasteiger partial charge on any atom is -0.320 e. The number of benzene rings is 2. The summed E-state index contributed by atoms with van der Waals surface area (Å²) in [6, 6.07) is 18.5. The Labute approximate surface area is 112 Å². The van der Waals surface area contributed by atoms with E-state index in [0.29, 0.717) is 0 Å². The average Bonchev–Trinajstić information content (AvgIpc) is 2.47. The van der Waals surface area contributed by atoms with E-state index in [1.807, 2.05) is 31.3 Å². The van der Waals surface area contributed by atoms with Crippen molar-refractivity contribution in [3.05, 3.63) is 77.6 Å². The Balaban J connectivity index is 2.11. The third kappa shape index (κ3) is 2.23. The van der Waals surface area contributed by atoms with Crippen LogP contribution in [-0.2, 0) is 0 Å². The largest absolute Gasteiger partial charge is 0.320 e. The first-order valence-corrected chi connectivity index (χ1v) is 6.41. The first kappa shape index (κ1) is 11.9. The normalized spacial score (nSPS) is 12.5. The SMILES string of the molecule is Cc1ccc(C(N)c2cccc3ccccc23)cn1. The van der Waals surface area contributed by atoms with Crippen molar-refractivity contribution >= 4 is 10.8 Å². The molecule has 0 fully saturated rings. The van der Waals surface area contributed by atoms with Gasteiger partial charge in [0.05, 0.1) is 6.04 Å². The minimum absolute atomic E-state index is 0.140. The second-order valence-electron chi connectivity index (χ2n) is 4.78. The zero-order valence-corrected chi connectivity index (χ0v) is 10.9. The van der Waals surface area contributed by atoms with Gasteiger partial charge in [-0.25, -0.2) is 0 Å². The fourth-order valence-corrected chi connectivity index (χ4v) is 2.36. The van der Waals surface area contributed by atoms with Crippen molar-refractivity contribution in [2.75, 3.05) is 0 Å². The summed E-state index contributed by atoms with van der Waals surface area (Å²) < 4.78 is 0. The van der Waals surface area contributed by atoms with Crippen LogP contribution >= 0.6 is 0 Å². The predicted octanol–water partition coefficient (Wildman–Crippen LogP) is 3.59. The number of nitrogens with two attached hydrogens (primary N) is 1. The lowest BCUT2D eigenvalue weighted by Crippen LogP contribution is -2.12. The molecule has 0 amide bonds. The van der Waals surface area contributed by atoms with Crippen LogP contribution in [0.5, 0.6) is 0 Å². The van der Waals surface area contributed by atoms with Crippen LogP contribution in [0.4, 0.5) is 0 Å². The molecular formula is C17H16N2. The van der Waals surface area contributed by atoms with Crippen LogP contribution in [0.2, 0.25) is 0 Å². The van der Waals surface area contributed by atoms with E-state index >= 15 is 0 Å². The summed E-state index contributed by atoms with van der Waals surface area (Å²) in [5.74, 6) is 0. The van der Waals surface area contributed by atoms with Crippen molar-refractivity contribution < 1.29 is 0 Å². The standard InChI is InChI=1S/C17H16N2/c1-12-9-10-14(11-19-12)17(18)16-8-4-6-13-5-2-3-7-15(13)16/h2-11,17H,18H2,1H3. The number of hydrogen-bond donors (Lipinski definition) is 1. The van der Waals surface area contributed by atoms with Gasteiger partial charge in [-0.15, -0.1) is 0 Å². The zero-order chi connectivity index (χ0) is 13.2. The summed E-state index contributed by atoms with van der Waals surface area (Å²) in [6.45, 7) is 1.98. The number of fused-ring (bicyclic) bond motifs is 1. The van der Waals surface area contributed by atoms with Crippen LogP contribution in [0.25, 0.3) is 10.8 Å². The summed E-state index contributed by atoms with van der Waals surface area (Å²) in [5, 5.41) is 2.42.